The lowest BCUT2D eigenvalue weighted by atomic mass is 10.2. The van der Waals surface area contributed by atoms with Gasteiger partial charge in [0.05, 0.1) is 6.10 Å². The lowest BCUT2D eigenvalue weighted by Gasteiger charge is -2.13. The number of carbonyl (C=O) groups excluding carboxylic acids is 1. The van der Waals surface area contributed by atoms with Gasteiger partial charge in [0, 0.05) is 6.54 Å². The monoisotopic (exact) mass is 267 g/mol. The molecule has 0 rings (SSSR count). The molecule has 0 spiro atoms. The summed E-state index contributed by atoms with van der Waals surface area (Å²) in [4.78, 5) is 11.1. The van der Waals surface area contributed by atoms with Gasteiger partial charge in [-0.25, -0.2) is 9.52 Å². The summed E-state index contributed by atoms with van der Waals surface area (Å²) in [5.41, 5.74) is 0. The van der Waals surface area contributed by atoms with Crippen LogP contribution in [-0.2, 0) is 14.9 Å². The summed E-state index contributed by atoms with van der Waals surface area (Å²) >= 11 is 0. The zero-order chi connectivity index (χ0) is 13.5. The van der Waals surface area contributed by atoms with Crippen molar-refractivity contribution in [2.24, 2.45) is 5.92 Å². The predicted octanol–water partition coefficient (Wildman–Crippen LogP) is -0.189. The van der Waals surface area contributed by atoms with Gasteiger partial charge in [0.2, 0.25) is 0 Å². The zero-order valence-electron chi connectivity index (χ0n) is 10.6. The first-order chi connectivity index (χ1) is 7.76. The molecule has 102 valence electrons. The first kappa shape index (κ1) is 16.1. The molecule has 3 N–H and O–H groups in total. The van der Waals surface area contributed by atoms with E-state index >= 15 is 0 Å². The first-order valence-corrected chi connectivity index (χ1v) is 6.87. The largest absolute Gasteiger partial charge is 0.446 e. The molecule has 17 heavy (non-hydrogen) atoms. The molecular weight excluding hydrogens is 246 g/mol. The molecular formula is C9H21N3O4S. The van der Waals surface area contributed by atoms with E-state index in [1.54, 1.807) is 25.6 Å². The van der Waals surface area contributed by atoms with E-state index in [0.717, 1.165) is 0 Å². The van der Waals surface area contributed by atoms with Gasteiger partial charge >= 0.3 is 16.3 Å². The second-order valence-corrected chi connectivity index (χ2v) is 5.57. The maximum absolute atomic E-state index is 11.4. The second-order valence-electron chi connectivity index (χ2n) is 4.07. The molecule has 0 aromatic carbocycles. The molecule has 7 nitrogen and oxygen atoms in total. The number of ether oxygens (including phenoxy) is 1. The fourth-order valence-electron chi connectivity index (χ4n) is 1.06. The second kappa shape index (κ2) is 7.46. The fraction of sp³-hybridized carbons (Fsp3) is 0.889. The minimum Gasteiger partial charge on any atom is -0.446 e. The molecule has 0 aliphatic rings. The third-order valence-electron chi connectivity index (χ3n) is 1.73. The average Bonchev–Trinajstić information content (AvgIpc) is 2.13. The van der Waals surface area contributed by atoms with E-state index in [4.69, 9.17) is 0 Å². The third-order valence-corrected chi connectivity index (χ3v) is 2.72. The normalized spacial score (nSPS) is 13.5. The topological polar surface area (TPSA) is 96.5 Å². The molecule has 0 fully saturated rings. The Bertz CT molecular complexity index is 329. The third kappa shape index (κ3) is 8.90. The van der Waals surface area contributed by atoms with E-state index < -0.39 is 16.3 Å². The van der Waals surface area contributed by atoms with Gasteiger partial charge in [0.1, 0.15) is 0 Å². The van der Waals surface area contributed by atoms with Gasteiger partial charge < -0.3 is 10.1 Å². The molecule has 0 aliphatic heterocycles. The molecule has 1 amide bonds. The summed E-state index contributed by atoms with van der Waals surface area (Å²) in [5, 5.41) is 2.92. The molecule has 0 aromatic heterocycles. The van der Waals surface area contributed by atoms with Gasteiger partial charge in [-0.2, -0.15) is 13.1 Å². The quantitative estimate of drug-likeness (QED) is 0.594. The van der Waals surface area contributed by atoms with Crippen molar-refractivity contribution >= 4 is 16.3 Å². The number of nitrogens with one attached hydrogen (secondary N) is 3. The Labute approximate surface area is 102 Å². The Morgan fingerprint density at radius 1 is 1.24 bits per heavy atom. The van der Waals surface area contributed by atoms with Crippen LogP contribution in [0.3, 0.4) is 0 Å². The lowest BCUT2D eigenvalue weighted by molar-refractivity contribution is 0.121. The molecule has 0 heterocycles. The summed E-state index contributed by atoms with van der Waals surface area (Å²) in [6.07, 6.45) is -1.35. The number of rotatable bonds is 7. The summed E-state index contributed by atoms with van der Waals surface area (Å²) in [6, 6.07) is 0. The minimum atomic E-state index is -3.84. The number of amides is 1. The first-order valence-electron chi connectivity index (χ1n) is 5.39. The van der Waals surface area contributed by atoms with Crippen LogP contribution in [0, 0.1) is 5.92 Å². The van der Waals surface area contributed by atoms with Crippen LogP contribution >= 0.6 is 0 Å². The van der Waals surface area contributed by atoms with Crippen LogP contribution in [0.5, 0.6) is 0 Å². The van der Waals surface area contributed by atoms with Gasteiger partial charge in [-0.3, -0.25) is 0 Å². The summed E-state index contributed by atoms with van der Waals surface area (Å²) in [7, 11) is -2.06. The highest BCUT2D eigenvalue weighted by Gasteiger charge is 2.16. The lowest BCUT2D eigenvalue weighted by Crippen LogP contribution is -2.43. The van der Waals surface area contributed by atoms with Crippen LogP contribution in [0.4, 0.5) is 4.79 Å². The van der Waals surface area contributed by atoms with Crippen molar-refractivity contribution in [2.75, 3.05) is 20.1 Å². The van der Waals surface area contributed by atoms with Gasteiger partial charge in [-0.15, -0.1) is 0 Å². The van der Waals surface area contributed by atoms with Crippen molar-refractivity contribution in [3.63, 3.8) is 0 Å². The molecule has 0 aliphatic carbocycles. The van der Waals surface area contributed by atoms with Gasteiger partial charge in [0.25, 0.3) is 0 Å². The smallest absolute Gasteiger partial charge is 0.422 e. The van der Waals surface area contributed by atoms with Gasteiger partial charge in [0.15, 0.2) is 0 Å². The molecule has 0 aromatic rings. The van der Waals surface area contributed by atoms with Crippen molar-refractivity contribution in [1.82, 2.24) is 14.8 Å². The van der Waals surface area contributed by atoms with Crippen molar-refractivity contribution in [3.05, 3.63) is 0 Å². The van der Waals surface area contributed by atoms with Crippen LogP contribution in [0.15, 0.2) is 0 Å². The minimum absolute atomic E-state index is 0.123. The predicted molar refractivity (Wildman–Crippen MR) is 64.8 cm³/mol. The van der Waals surface area contributed by atoms with Crippen LogP contribution in [-0.4, -0.2) is 40.8 Å². The Morgan fingerprint density at radius 2 is 1.82 bits per heavy atom. The molecule has 8 heteroatoms. The molecule has 0 saturated carbocycles. The van der Waals surface area contributed by atoms with Gasteiger partial charge in [-0.1, -0.05) is 6.92 Å². The average molecular weight is 267 g/mol. The van der Waals surface area contributed by atoms with Crippen molar-refractivity contribution in [2.45, 2.75) is 26.9 Å². The molecule has 0 bridgehead atoms. The highest BCUT2D eigenvalue weighted by atomic mass is 32.2. The van der Waals surface area contributed by atoms with Crippen LogP contribution in [0.2, 0.25) is 0 Å². The molecule has 1 atom stereocenters. The maximum Gasteiger partial charge on any atom is 0.422 e. The Balaban J connectivity index is 4.08. The number of hydrogen-bond donors (Lipinski definition) is 3. The van der Waals surface area contributed by atoms with Crippen LogP contribution in [0.1, 0.15) is 20.8 Å². The summed E-state index contributed by atoms with van der Waals surface area (Å²) in [5.74, 6) is 0.123. The fourth-order valence-corrected chi connectivity index (χ4v) is 1.90. The van der Waals surface area contributed by atoms with E-state index in [1.807, 2.05) is 6.92 Å². The van der Waals surface area contributed by atoms with E-state index in [1.165, 1.54) is 0 Å². The van der Waals surface area contributed by atoms with Crippen molar-refractivity contribution < 1.29 is 17.9 Å². The van der Waals surface area contributed by atoms with Gasteiger partial charge in [-0.05, 0) is 33.4 Å². The number of carbonyl (C=O) groups is 1. The van der Waals surface area contributed by atoms with Crippen molar-refractivity contribution in [1.29, 1.82) is 0 Å². The summed E-state index contributed by atoms with van der Waals surface area (Å²) in [6.45, 7) is 6.07. The van der Waals surface area contributed by atoms with E-state index in [0.29, 0.717) is 6.54 Å². The van der Waals surface area contributed by atoms with E-state index in [2.05, 4.69) is 14.8 Å². The SMILES string of the molecule is CNCC(C)CNS(=O)(=O)NC(=O)OC(C)C. The molecule has 0 radical (unpaired) electrons. The van der Waals surface area contributed by atoms with Crippen LogP contribution in [0.25, 0.3) is 0 Å². The maximum atomic E-state index is 11.4. The molecule has 1 unspecified atom stereocenters. The van der Waals surface area contributed by atoms with E-state index in [9.17, 15) is 13.2 Å². The Hall–Kier alpha value is -0.860. The highest BCUT2D eigenvalue weighted by molar-refractivity contribution is 7.88. The van der Waals surface area contributed by atoms with E-state index in [-0.39, 0.29) is 18.6 Å². The summed E-state index contributed by atoms with van der Waals surface area (Å²) < 4.78 is 31.5. The number of hydrogen-bond acceptors (Lipinski definition) is 5. The van der Waals surface area contributed by atoms with Crippen LogP contribution < -0.4 is 14.8 Å². The highest BCUT2D eigenvalue weighted by Crippen LogP contribution is 1.92. The Morgan fingerprint density at radius 3 is 2.29 bits per heavy atom. The Kier molecular flexibility index (Phi) is 7.09. The van der Waals surface area contributed by atoms with Crippen molar-refractivity contribution in [3.8, 4) is 0 Å². The molecule has 0 saturated heterocycles. The zero-order valence-corrected chi connectivity index (χ0v) is 11.4. The standard InChI is InChI=1S/C9H21N3O4S/c1-7(2)16-9(13)12-17(14,15)11-6-8(3)5-10-4/h7-8,10-11H,5-6H2,1-4H3,(H,12,13).